The van der Waals surface area contributed by atoms with Crippen molar-refractivity contribution in [2.45, 2.75) is 78.9 Å². The Morgan fingerprint density at radius 3 is 1.67 bits per heavy atom. The van der Waals surface area contributed by atoms with Gasteiger partial charge in [0.1, 0.15) is 35.2 Å². The number of carbonyl (C=O) groups excluding carboxylic acids is 5. The van der Waals surface area contributed by atoms with Crippen molar-refractivity contribution in [3.63, 3.8) is 0 Å². The van der Waals surface area contributed by atoms with Crippen molar-refractivity contribution in [2.24, 2.45) is 0 Å². The Labute approximate surface area is 561 Å². The fraction of sp³-hybridized carbons (Fsp3) is 0.158. The van der Waals surface area contributed by atoms with Gasteiger partial charge in [0, 0.05) is 135 Å². The van der Waals surface area contributed by atoms with Gasteiger partial charge in [0.2, 0.25) is 0 Å². The number of nitriles is 1. The summed E-state index contributed by atoms with van der Waals surface area (Å²) in [4.78, 5) is 82.0. The summed E-state index contributed by atoms with van der Waals surface area (Å²) >= 11 is 0. The van der Waals surface area contributed by atoms with Gasteiger partial charge >= 0.3 is 0 Å². The van der Waals surface area contributed by atoms with Gasteiger partial charge in [-0.25, -0.2) is 30.4 Å². The third kappa shape index (κ3) is 12.5. The topological polar surface area (TPSA) is 261 Å². The number of nitrogen functional groups attached to an aromatic ring is 1. The number of benzene rings is 6. The van der Waals surface area contributed by atoms with Crippen molar-refractivity contribution in [1.29, 1.82) is 5.26 Å². The third-order valence-corrected chi connectivity index (χ3v) is 18.8. The number of fused-ring (bicyclic) bond motifs is 5. The van der Waals surface area contributed by atoms with Crippen LogP contribution in [0.25, 0.3) is 76.8 Å². The Hall–Kier alpha value is -11.9. The first-order valence-corrected chi connectivity index (χ1v) is 32.9. The van der Waals surface area contributed by atoms with Crippen LogP contribution in [0.3, 0.4) is 0 Å². The Balaban J connectivity index is 0.000000141. The lowest BCUT2D eigenvalue weighted by Crippen LogP contribution is -2.13. The molecule has 6 aromatic carbocycles. The van der Waals surface area contributed by atoms with Gasteiger partial charge in [-0.05, 0) is 117 Å². The first-order chi connectivity index (χ1) is 47.1. The number of allylic oxidation sites excluding steroid dienone is 8. The van der Waals surface area contributed by atoms with E-state index in [1.807, 2.05) is 19.1 Å². The lowest BCUT2D eigenvalue weighted by atomic mass is 9.92. The zero-order chi connectivity index (χ0) is 70.8. The molecule has 0 bridgehead atoms. The highest BCUT2D eigenvalue weighted by Gasteiger charge is 2.31. The number of nitrogens with zero attached hydrogens (tertiary/aromatic N) is 5. The van der Waals surface area contributed by atoms with Crippen LogP contribution in [0.5, 0.6) is 0 Å². The molecule has 17 nitrogen and oxygen atoms in total. The van der Waals surface area contributed by atoms with E-state index in [-0.39, 0.29) is 100 Å². The van der Waals surface area contributed by atoms with Crippen LogP contribution in [0, 0.1) is 61.2 Å². The Kier molecular flexibility index (Phi) is 17.8. The summed E-state index contributed by atoms with van der Waals surface area (Å²) in [6, 6.07) is 24.5. The monoisotopic (exact) mass is 1350 g/mol. The Morgan fingerprint density at radius 1 is 0.606 bits per heavy atom. The van der Waals surface area contributed by atoms with Crippen molar-refractivity contribution in [3.05, 3.63) is 253 Å². The summed E-state index contributed by atoms with van der Waals surface area (Å²) < 4.78 is 103. The minimum absolute atomic E-state index is 0.00181. The van der Waals surface area contributed by atoms with Crippen LogP contribution in [0.4, 0.5) is 27.6 Å². The summed E-state index contributed by atoms with van der Waals surface area (Å²) in [5.74, 6) is -3.90. The summed E-state index contributed by atoms with van der Waals surface area (Å²) in [6.45, 7) is 9.02. The molecular formula is C76H60F5N9O8S. The second kappa shape index (κ2) is 26.3. The number of hydrogen-bond donors (Lipinski definition) is 4. The van der Waals surface area contributed by atoms with Crippen molar-refractivity contribution < 1.29 is 54.3 Å². The van der Waals surface area contributed by atoms with Crippen LogP contribution >= 0.6 is 0 Å². The molecule has 0 saturated heterocycles. The van der Waals surface area contributed by atoms with Gasteiger partial charge in [-0.2, -0.15) is 10.4 Å². The van der Waals surface area contributed by atoms with E-state index in [1.54, 1.807) is 125 Å². The molecule has 0 atom stereocenters. The van der Waals surface area contributed by atoms with Gasteiger partial charge in [0.05, 0.1) is 81.1 Å². The van der Waals surface area contributed by atoms with E-state index in [4.69, 9.17) is 5.73 Å². The van der Waals surface area contributed by atoms with E-state index in [0.717, 1.165) is 23.3 Å². The number of sulfone groups is 1. The number of anilines is 1. The molecule has 5 N–H and O–H groups in total. The minimum atomic E-state index is -3.72. The van der Waals surface area contributed by atoms with Crippen LogP contribution in [0.15, 0.2) is 156 Å². The molecule has 0 spiro atoms. The number of nitrogens with two attached hydrogens (primary N) is 1. The number of Topliss-reactive ketones (excluding diaryl/α,β-unsaturated/α-hetero) is 5. The summed E-state index contributed by atoms with van der Waals surface area (Å²) in [7, 11) is -3.72. The number of carbonyl (C=O) groups is 5. The number of nitrogens with one attached hydrogen (secondary N) is 3. The molecule has 0 aliphatic heterocycles. The highest BCUT2D eigenvalue weighted by Crippen LogP contribution is 2.41. The number of pyridine rings is 1. The van der Waals surface area contributed by atoms with Crippen molar-refractivity contribution in [2.75, 3.05) is 12.0 Å². The zero-order valence-corrected chi connectivity index (χ0v) is 55.1. The van der Waals surface area contributed by atoms with Gasteiger partial charge in [-0.3, -0.25) is 33.9 Å². The fourth-order valence-electron chi connectivity index (χ4n) is 13.0. The van der Waals surface area contributed by atoms with Gasteiger partial charge in [-0.15, -0.1) is 0 Å². The van der Waals surface area contributed by atoms with Crippen LogP contribution in [-0.2, 0) is 39.1 Å². The van der Waals surface area contributed by atoms with E-state index in [0.29, 0.717) is 105 Å². The molecule has 14 rings (SSSR count). The van der Waals surface area contributed by atoms with E-state index in [9.17, 15) is 55.6 Å². The molecule has 6 aromatic heterocycles. The average Bonchev–Trinajstić information content (AvgIpc) is 1.60. The number of aryl methyl sites for hydroxylation is 3. The lowest BCUT2D eigenvalue weighted by molar-refractivity contribution is -0.113. The molecule has 23 heteroatoms. The van der Waals surface area contributed by atoms with Gasteiger partial charge in [0.15, 0.2) is 38.8 Å². The van der Waals surface area contributed by atoms with Gasteiger partial charge in [-0.1, -0.05) is 48.1 Å². The molecule has 6 heterocycles. The second-order valence-corrected chi connectivity index (χ2v) is 26.5. The largest absolute Gasteiger partial charge is 0.397 e. The van der Waals surface area contributed by atoms with Crippen molar-refractivity contribution >= 4 is 110 Å². The number of hydrogen-bond acceptors (Lipinski definition) is 11. The predicted molar refractivity (Wildman–Crippen MR) is 370 cm³/mol. The SMILES string of the molecule is CC(=O)c1c(-c2ccc[nH]c2=O)c2cc(C)ccc2n1Cc1cc(S(C)(=O)=O)cc(C#N)c1F.CC(=O)c1c(C2=CC=CCC2=O)c2cc(C)c(F)cc2n1Cc1cc2c(N)c[nH]c2cc1F.CC(=O)c1c(C2=CC=CCC2=O)c2cc(C)c(F)cc2n1Cc1cc2cn[nH]c2cc1F. The fourth-order valence-corrected chi connectivity index (χ4v) is 13.7. The summed E-state index contributed by atoms with van der Waals surface area (Å²) in [5, 5.41) is 19.2. The molecule has 0 radical (unpaired) electrons. The number of aromatic nitrogens is 7. The minimum Gasteiger partial charge on any atom is -0.397 e. The second-order valence-electron chi connectivity index (χ2n) is 24.5. The Bertz CT molecular complexity index is 5880. The number of aromatic amines is 3. The molecule has 0 saturated carbocycles. The molecule has 12 aromatic rings. The van der Waals surface area contributed by atoms with Crippen LogP contribution < -0.4 is 11.3 Å². The van der Waals surface area contributed by atoms with E-state index < -0.39 is 44.5 Å². The Morgan fingerprint density at radius 2 is 1.13 bits per heavy atom. The number of H-pyrrole nitrogens is 3. The molecule has 0 amide bonds. The van der Waals surface area contributed by atoms with Gasteiger partial charge < -0.3 is 29.4 Å². The summed E-state index contributed by atoms with van der Waals surface area (Å²) in [5.41, 5.74) is 13.5. The summed E-state index contributed by atoms with van der Waals surface area (Å²) in [6.07, 6.45) is 16.4. The highest BCUT2D eigenvalue weighted by molar-refractivity contribution is 7.90. The van der Waals surface area contributed by atoms with Crippen LogP contribution in [-0.4, -0.2) is 77.5 Å². The molecule has 99 heavy (non-hydrogen) atoms. The normalized spacial score (nSPS) is 13.0. The predicted octanol–water partition coefficient (Wildman–Crippen LogP) is 14.7. The third-order valence-electron chi connectivity index (χ3n) is 17.7. The number of rotatable bonds is 13. The van der Waals surface area contributed by atoms with E-state index in [1.165, 1.54) is 57.3 Å². The van der Waals surface area contributed by atoms with Crippen LogP contribution in [0.1, 0.15) is 115 Å². The average molecular weight is 1350 g/mol. The van der Waals surface area contributed by atoms with Crippen molar-refractivity contribution in [3.8, 4) is 17.2 Å². The molecule has 498 valence electrons. The lowest BCUT2D eigenvalue weighted by Gasteiger charge is -2.13. The number of ketones is 5. The quantitative estimate of drug-likeness (QED) is 0.0479. The van der Waals surface area contributed by atoms with E-state index >= 15 is 8.78 Å². The van der Waals surface area contributed by atoms with Crippen LogP contribution in [0.2, 0.25) is 0 Å². The molecule has 2 aliphatic carbocycles. The van der Waals surface area contributed by atoms with Gasteiger partial charge in [0.25, 0.3) is 5.56 Å². The number of halogens is 5. The smallest absolute Gasteiger partial charge is 0.255 e. The van der Waals surface area contributed by atoms with Crippen molar-refractivity contribution in [1.82, 2.24) is 33.9 Å². The standard InChI is InChI=1S/C26H21F2N3O2.C25H19F2N3O2.C25H20FN3O4S/c1-13-7-18-23(10-19(13)27)31(12-15-8-17-21(29)11-30-22(17)9-20(15)28)26(14(2)32)25(18)16-5-3-4-6-24(16)33;1-13-7-18-22(10-19(13)26)30(12-16-8-15-11-28-29-21(15)9-20(16)27)25(14(2)31)24(18)17-5-3-4-6-23(17)32;1-14-6-7-21-20(9-14)22(19-5-4-8-28-25(19)31)24(15(2)30)29(21)13-17-11-18(34(3,32)33)10-16(12-27)23(17)26/h3-5,7-11,30H,6,12,29H2,1-2H3;3-5,7-11H,6,12H2,1-2H3,(H,28,29);4-11H,13H2,1-3H3,(H,28,31). The first-order valence-electron chi connectivity index (χ1n) is 31.0. The van der Waals surface area contributed by atoms with E-state index in [2.05, 4.69) is 20.2 Å². The molecule has 2 aliphatic rings. The maximum atomic E-state index is 15.1. The maximum Gasteiger partial charge on any atom is 0.255 e. The molecular weight excluding hydrogens is 1290 g/mol. The highest BCUT2D eigenvalue weighted by atomic mass is 32.2. The molecule has 0 fully saturated rings. The maximum absolute atomic E-state index is 15.1. The molecule has 0 unspecified atom stereocenters. The zero-order valence-electron chi connectivity index (χ0n) is 54.3. The first kappa shape index (κ1) is 67.1.